The van der Waals surface area contributed by atoms with Gasteiger partial charge in [0.05, 0.1) is 12.8 Å². The molecule has 0 aliphatic rings. The maximum absolute atomic E-state index is 11.9. The average Bonchev–Trinajstić information content (AvgIpc) is 2.35. The highest BCUT2D eigenvalue weighted by molar-refractivity contribution is 7.88. The molecule has 0 spiro atoms. The van der Waals surface area contributed by atoms with Crippen LogP contribution in [0, 0.1) is 0 Å². The van der Waals surface area contributed by atoms with Crippen molar-refractivity contribution in [1.29, 1.82) is 0 Å². The first kappa shape index (κ1) is 17.9. The average molecular weight is 334 g/mol. The molecule has 1 aromatic carbocycles. The smallest absolute Gasteiger partial charge is 0.239 e. The van der Waals surface area contributed by atoms with Gasteiger partial charge in [0.25, 0.3) is 0 Å². The summed E-state index contributed by atoms with van der Waals surface area (Å²) in [5, 5.41) is 3.21. The zero-order chi connectivity index (χ0) is 16.0. The molecule has 118 valence electrons. The van der Waals surface area contributed by atoms with Crippen molar-refractivity contribution in [1.82, 2.24) is 9.21 Å². The van der Waals surface area contributed by atoms with Gasteiger partial charge in [0, 0.05) is 23.8 Å². The highest BCUT2D eigenvalue weighted by atomic mass is 35.5. The molecule has 6 nitrogen and oxygen atoms in total. The number of nitrogens with one attached hydrogen (secondary N) is 1. The third-order valence-corrected chi connectivity index (χ3v) is 4.22. The van der Waals surface area contributed by atoms with E-state index in [1.54, 1.807) is 24.3 Å². The quantitative estimate of drug-likeness (QED) is 0.811. The number of rotatable bonds is 7. The van der Waals surface area contributed by atoms with E-state index >= 15 is 0 Å². The van der Waals surface area contributed by atoms with E-state index in [0.29, 0.717) is 17.3 Å². The summed E-state index contributed by atoms with van der Waals surface area (Å²) in [6.45, 7) is 0.594. The molecule has 1 rings (SSSR count). The van der Waals surface area contributed by atoms with E-state index in [-0.39, 0.29) is 19.0 Å². The second-order valence-corrected chi connectivity index (χ2v) is 7.37. The normalized spacial score (nSPS) is 11.9. The number of sulfonamides is 1. The Morgan fingerprint density at radius 1 is 1.19 bits per heavy atom. The first-order chi connectivity index (χ1) is 9.68. The molecule has 0 bridgehead atoms. The molecule has 1 N–H and O–H groups in total. The van der Waals surface area contributed by atoms with Crippen molar-refractivity contribution in [3.8, 4) is 0 Å². The molecule has 0 aromatic heterocycles. The third kappa shape index (κ3) is 6.90. The van der Waals surface area contributed by atoms with Gasteiger partial charge in [0.2, 0.25) is 15.9 Å². The lowest BCUT2D eigenvalue weighted by Gasteiger charge is -2.21. The van der Waals surface area contributed by atoms with E-state index < -0.39 is 10.0 Å². The van der Waals surface area contributed by atoms with Crippen molar-refractivity contribution in [2.75, 3.05) is 45.3 Å². The predicted molar refractivity (Wildman–Crippen MR) is 85.1 cm³/mol. The third-order valence-electron chi connectivity index (χ3n) is 2.71. The standard InChI is InChI=1S/C13H20ClN3O3S/c1-16(2)8-9-17(21(3,19)20)10-13(18)15-12-6-4-11(14)5-7-12/h4-7H,8-10H2,1-3H3,(H,15,18). The van der Waals surface area contributed by atoms with Crippen LogP contribution in [-0.4, -0.2) is 63.5 Å². The van der Waals surface area contributed by atoms with E-state index in [2.05, 4.69) is 5.32 Å². The number of carbonyl (C=O) groups excluding carboxylic acids is 1. The van der Waals surface area contributed by atoms with Crippen LogP contribution in [0.2, 0.25) is 5.02 Å². The van der Waals surface area contributed by atoms with Crippen LogP contribution in [-0.2, 0) is 14.8 Å². The SMILES string of the molecule is CN(C)CCN(CC(=O)Nc1ccc(Cl)cc1)S(C)(=O)=O. The summed E-state index contributed by atoms with van der Waals surface area (Å²) >= 11 is 5.76. The summed E-state index contributed by atoms with van der Waals surface area (Å²) in [5.74, 6) is -0.387. The molecular formula is C13H20ClN3O3S. The number of anilines is 1. The Balaban J connectivity index is 2.65. The number of carbonyl (C=O) groups is 1. The van der Waals surface area contributed by atoms with Crippen LogP contribution in [0.25, 0.3) is 0 Å². The van der Waals surface area contributed by atoms with E-state index in [0.717, 1.165) is 10.6 Å². The largest absolute Gasteiger partial charge is 0.325 e. The van der Waals surface area contributed by atoms with Crippen LogP contribution in [0.5, 0.6) is 0 Å². The van der Waals surface area contributed by atoms with Crippen LogP contribution in [0.4, 0.5) is 5.69 Å². The molecule has 1 amide bonds. The van der Waals surface area contributed by atoms with Crippen molar-refractivity contribution in [2.45, 2.75) is 0 Å². The van der Waals surface area contributed by atoms with Crippen LogP contribution in [0.1, 0.15) is 0 Å². The van der Waals surface area contributed by atoms with Crippen LogP contribution in [0.15, 0.2) is 24.3 Å². The van der Waals surface area contributed by atoms with Crippen molar-refractivity contribution in [2.24, 2.45) is 0 Å². The van der Waals surface area contributed by atoms with E-state index in [4.69, 9.17) is 11.6 Å². The lowest BCUT2D eigenvalue weighted by atomic mass is 10.3. The Labute approximate surface area is 130 Å². The summed E-state index contributed by atoms with van der Waals surface area (Å²) < 4.78 is 24.5. The van der Waals surface area contributed by atoms with Gasteiger partial charge < -0.3 is 10.2 Å². The van der Waals surface area contributed by atoms with Crippen LogP contribution in [0.3, 0.4) is 0 Å². The van der Waals surface area contributed by atoms with Crippen molar-refractivity contribution >= 4 is 33.2 Å². The van der Waals surface area contributed by atoms with Crippen LogP contribution < -0.4 is 5.32 Å². The van der Waals surface area contributed by atoms with Gasteiger partial charge in [-0.25, -0.2) is 8.42 Å². The minimum atomic E-state index is -3.43. The maximum atomic E-state index is 11.9. The molecule has 8 heteroatoms. The Bertz CT molecular complexity index is 573. The van der Waals surface area contributed by atoms with Crippen LogP contribution >= 0.6 is 11.6 Å². The number of hydrogen-bond donors (Lipinski definition) is 1. The summed E-state index contributed by atoms with van der Waals surface area (Å²) in [5.41, 5.74) is 0.575. The second-order valence-electron chi connectivity index (χ2n) is 4.95. The zero-order valence-corrected chi connectivity index (χ0v) is 13.9. The summed E-state index contributed by atoms with van der Waals surface area (Å²) in [6.07, 6.45) is 1.10. The Morgan fingerprint density at radius 2 is 1.76 bits per heavy atom. The molecule has 0 saturated carbocycles. The molecular weight excluding hydrogens is 314 g/mol. The zero-order valence-electron chi connectivity index (χ0n) is 12.3. The molecule has 1 aromatic rings. The van der Waals surface area contributed by atoms with Gasteiger partial charge in [0.1, 0.15) is 0 Å². The van der Waals surface area contributed by atoms with Crippen molar-refractivity contribution in [3.05, 3.63) is 29.3 Å². The highest BCUT2D eigenvalue weighted by Crippen LogP contribution is 2.13. The monoisotopic (exact) mass is 333 g/mol. The molecule has 21 heavy (non-hydrogen) atoms. The molecule has 0 atom stereocenters. The Morgan fingerprint density at radius 3 is 2.24 bits per heavy atom. The topological polar surface area (TPSA) is 69.7 Å². The first-order valence-corrected chi connectivity index (χ1v) is 8.56. The minimum Gasteiger partial charge on any atom is -0.325 e. The van der Waals surface area contributed by atoms with Gasteiger partial charge in [-0.3, -0.25) is 4.79 Å². The molecule has 0 saturated heterocycles. The van der Waals surface area contributed by atoms with Crippen molar-refractivity contribution in [3.63, 3.8) is 0 Å². The fourth-order valence-corrected chi connectivity index (χ4v) is 2.46. The van der Waals surface area contributed by atoms with Gasteiger partial charge in [-0.15, -0.1) is 0 Å². The number of nitrogens with zero attached hydrogens (tertiary/aromatic N) is 2. The van der Waals surface area contributed by atoms with E-state index in [9.17, 15) is 13.2 Å². The molecule has 0 fully saturated rings. The van der Waals surface area contributed by atoms with Crippen molar-refractivity contribution < 1.29 is 13.2 Å². The van der Waals surface area contributed by atoms with E-state index in [1.165, 1.54) is 0 Å². The Hall–Kier alpha value is -1.15. The fourth-order valence-electron chi connectivity index (χ4n) is 1.57. The molecule has 0 aliphatic heterocycles. The first-order valence-electron chi connectivity index (χ1n) is 6.34. The fraction of sp³-hybridized carbons (Fsp3) is 0.462. The minimum absolute atomic E-state index is 0.213. The maximum Gasteiger partial charge on any atom is 0.239 e. The summed E-state index contributed by atoms with van der Waals surface area (Å²) in [7, 11) is 0.253. The number of halogens is 1. The lowest BCUT2D eigenvalue weighted by molar-refractivity contribution is -0.116. The summed E-state index contributed by atoms with van der Waals surface area (Å²) in [6, 6.07) is 6.62. The Kier molecular flexibility index (Phi) is 6.60. The second kappa shape index (κ2) is 7.74. The lowest BCUT2D eigenvalue weighted by Crippen LogP contribution is -2.41. The van der Waals surface area contributed by atoms with Gasteiger partial charge in [-0.05, 0) is 38.4 Å². The predicted octanol–water partition coefficient (Wildman–Crippen LogP) is 1.10. The highest BCUT2D eigenvalue weighted by Gasteiger charge is 2.20. The molecule has 0 radical (unpaired) electrons. The van der Waals surface area contributed by atoms with Gasteiger partial charge in [0.15, 0.2) is 0 Å². The summed E-state index contributed by atoms with van der Waals surface area (Å²) in [4.78, 5) is 13.8. The van der Waals surface area contributed by atoms with Gasteiger partial charge in [-0.2, -0.15) is 4.31 Å². The van der Waals surface area contributed by atoms with E-state index in [1.807, 2.05) is 19.0 Å². The number of amides is 1. The number of benzene rings is 1. The van der Waals surface area contributed by atoms with Gasteiger partial charge >= 0.3 is 0 Å². The molecule has 0 aliphatic carbocycles. The van der Waals surface area contributed by atoms with Gasteiger partial charge in [-0.1, -0.05) is 11.6 Å². The number of hydrogen-bond acceptors (Lipinski definition) is 4. The number of likely N-dealkylation sites (N-methyl/N-ethyl adjacent to an activating group) is 1. The molecule has 0 heterocycles. The molecule has 0 unspecified atom stereocenters.